The van der Waals surface area contributed by atoms with Gasteiger partial charge in [-0.15, -0.1) is 11.6 Å². The SMILES string of the molecule is CC(C)OC(=O)N1CCC(Cl)C1O. The summed E-state index contributed by atoms with van der Waals surface area (Å²) in [5.74, 6) is 0. The number of likely N-dealkylation sites (tertiary alicyclic amines) is 1. The zero-order chi connectivity index (χ0) is 10.0. The molecule has 1 aliphatic heterocycles. The molecular formula is C8H14ClNO3. The number of aliphatic hydroxyl groups is 1. The predicted octanol–water partition coefficient (Wildman–Crippen LogP) is 1.16. The van der Waals surface area contributed by atoms with E-state index in [1.807, 2.05) is 0 Å². The number of aliphatic hydroxyl groups excluding tert-OH is 1. The van der Waals surface area contributed by atoms with Gasteiger partial charge in [-0.05, 0) is 20.3 Å². The van der Waals surface area contributed by atoms with E-state index in [0.29, 0.717) is 13.0 Å². The molecule has 13 heavy (non-hydrogen) atoms. The van der Waals surface area contributed by atoms with E-state index in [9.17, 15) is 9.90 Å². The van der Waals surface area contributed by atoms with Gasteiger partial charge in [-0.3, -0.25) is 4.90 Å². The lowest BCUT2D eigenvalue weighted by Gasteiger charge is -2.21. The lowest BCUT2D eigenvalue weighted by molar-refractivity contribution is 0.0153. The highest BCUT2D eigenvalue weighted by Gasteiger charge is 2.35. The first kappa shape index (κ1) is 10.6. The first-order valence-electron chi connectivity index (χ1n) is 4.31. The van der Waals surface area contributed by atoms with Crippen molar-refractivity contribution < 1.29 is 14.6 Å². The van der Waals surface area contributed by atoms with Crippen LogP contribution in [-0.4, -0.2) is 40.4 Å². The number of nitrogens with zero attached hydrogens (tertiary/aromatic N) is 1. The number of ether oxygens (including phenoxy) is 1. The van der Waals surface area contributed by atoms with Gasteiger partial charge in [0, 0.05) is 6.54 Å². The highest BCUT2D eigenvalue weighted by Crippen LogP contribution is 2.21. The van der Waals surface area contributed by atoms with Gasteiger partial charge in [-0.1, -0.05) is 0 Å². The monoisotopic (exact) mass is 207 g/mol. The Labute approximate surface area is 82.4 Å². The summed E-state index contributed by atoms with van der Waals surface area (Å²) in [7, 11) is 0. The smallest absolute Gasteiger partial charge is 0.412 e. The van der Waals surface area contributed by atoms with Crippen LogP contribution in [0.3, 0.4) is 0 Å². The van der Waals surface area contributed by atoms with E-state index < -0.39 is 12.3 Å². The Hall–Kier alpha value is -0.480. The Kier molecular flexibility index (Phi) is 3.39. The van der Waals surface area contributed by atoms with Crippen molar-refractivity contribution in [2.45, 2.75) is 38.0 Å². The van der Waals surface area contributed by atoms with E-state index in [4.69, 9.17) is 16.3 Å². The van der Waals surface area contributed by atoms with Gasteiger partial charge in [0.1, 0.15) is 6.23 Å². The molecule has 1 saturated heterocycles. The predicted molar refractivity (Wildman–Crippen MR) is 48.6 cm³/mol. The van der Waals surface area contributed by atoms with Crippen LogP contribution in [-0.2, 0) is 4.74 Å². The Bertz CT molecular complexity index is 198. The van der Waals surface area contributed by atoms with Gasteiger partial charge in [0.15, 0.2) is 0 Å². The number of halogens is 1. The molecule has 1 aliphatic rings. The van der Waals surface area contributed by atoms with Crippen molar-refractivity contribution in [2.24, 2.45) is 0 Å². The summed E-state index contributed by atoms with van der Waals surface area (Å²) in [6.45, 7) is 3.98. The molecule has 1 fully saturated rings. The van der Waals surface area contributed by atoms with Crippen LogP contribution in [0, 0.1) is 0 Å². The van der Waals surface area contributed by atoms with Gasteiger partial charge in [0.05, 0.1) is 11.5 Å². The third-order valence-corrected chi connectivity index (χ3v) is 2.30. The van der Waals surface area contributed by atoms with Gasteiger partial charge in [-0.25, -0.2) is 4.79 Å². The van der Waals surface area contributed by atoms with E-state index in [0.717, 1.165) is 0 Å². The molecule has 1 rings (SSSR count). The van der Waals surface area contributed by atoms with Gasteiger partial charge in [-0.2, -0.15) is 0 Å². The van der Waals surface area contributed by atoms with Gasteiger partial charge in [0.25, 0.3) is 0 Å². The average Bonchev–Trinajstić information content (AvgIpc) is 2.31. The van der Waals surface area contributed by atoms with Crippen molar-refractivity contribution in [1.82, 2.24) is 4.90 Å². The number of hydrogen-bond donors (Lipinski definition) is 1. The quantitative estimate of drug-likeness (QED) is 0.657. The maximum atomic E-state index is 11.3. The third kappa shape index (κ3) is 2.48. The number of carbonyl (C=O) groups excluding carboxylic acids is 1. The van der Waals surface area contributed by atoms with E-state index in [2.05, 4.69) is 0 Å². The van der Waals surface area contributed by atoms with Crippen LogP contribution in [0.15, 0.2) is 0 Å². The molecule has 1 amide bonds. The molecule has 0 aromatic carbocycles. The van der Waals surface area contributed by atoms with Gasteiger partial charge >= 0.3 is 6.09 Å². The first-order valence-corrected chi connectivity index (χ1v) is 4.75. The number of alkyl halides is 1. The van der Waals surface area contributed by atoms with Crippen molar-refractivity contribution in [1.29, 1.82) is 0 Å². The van der Waals surface area contributed by atoms with Crippen LogP contribution in [0.2, 0.25) is 0 Å². The number of rotatable bonds is 1. The van der Waals surface area contributed by atoms with Gasteiger partial charge in [0.2, 0.25) is 0 Å². The Morgan fingerprint density at radius 1 is 1.69 bits per heavy atom. The second-order valence-electron chi connectivity index (χ2n) is 3.34. The van der Waals surface area contributed by atoms with Crippen molar-refractivity contribution >= 4 is 17.7 Å². The van der Waals surface area contributed by atoms with Crippen LogP contribution in [0.1, 0.15) is 20.3 Å². The number of hydrogen-bond acceptors (Lipinski definition) is 3. The first-order chi connectivity index (χ1) is 6.02. The topological polar surface area (TPSA) is 49.8 Å². The largest absolute Gasteiger partial charge is 0.447 e. The standard InChI is InChI=1S/C8H14ClNO3/c1-5(2)13-8(12)10-4-3-6(9)7(10)11/h5-7,11H,3-4H2,1-2H3. The fourth-order valence-electron chi connectivity index (χ4n) is 1.21. The molecule has 0 aromatic rings. The average molecular weight is 208 g/mol. The molecule has 0 aromatic heterocycles. The number of amides is 1. The zero-order valence-electron chi connectivity index (χ0n) is 7.74. The lowest BCUT2D eigenvalue weighted by atomic mass is 10.3. The van der Waals surface area contributed by atoms with Crippen LogP contribution in [0.4, 0.5) is 4.79 Å². The third-order valence-electron chi connectivity index (χ3n) is 1.86. The minimum absolute atomic E-state index is 0.172. The minimum Gasteiger partial charge on any atom is -0.447 e. The minimum atomic E-state index is -0.909. The highest BCUT2D eigenvalue weighted by molar-refractivity contribution is 6.21. The maximum Gasteiger partial charge on any atom is 0.412 e. The molecule has 76 valence electrons. The molecule has 2 unspecified atom stereocenters. The summed E-state index contributed by atoms with van der Waals surface area (Å²) in [5, 5.41) is 9.06. The molecule has 0 saturated carbocycles. The van der Waals surface area contributed by atoms with Crippen LogP contribution < -0.4 is 0 Å². The van der Waals surface area contributed by atoms with Crippen LogP contribution in [0.25, 0.3) is 0 Å². The Balaban J connectivity index is 2.48. The molecule has 0 spiro atoms. The molecule has 4 nitrogen and oxygen atoms in total. The van der Waals surface area contributed by atoms with Gasteiger partial charge < -0.3 is 9.84 Å². The van der Waals surface area contributed by atoms with Crippen molar-refractivity contribution in [3.05, 3.63) is 0 Å². The molecule has 0 bridgehead atoms. The highest BCUT2D eigenvalue weighted by atomic mass is 35.5. The van der Waals surface area contributed by atoms with Crippen LogP contribution >= 0.6 is 11.6 Å². The summed E-state index contributed by atoms with van der Waals surface area (Å²) < 4.78 is 4.92. The molecule has 1 N–H and O–H groups in total. The molecule has 2 atom stereocenters. The van der Waals surface area contributed by atoms with Crippen molar-refractivity contribution in [2.75, 3.05) is 6.54 Å². The fourth-order valence-corrected chi connectivity index (χ4v) is 1.44. The molecular weight excluding hydrogens is 194 g/mol. The van der Waals surface area contributed by atoms with Crippen molar-refractivity contribution in [3.8, 4) is 0 Å². The second-order valence-corrected chi connectivity index (χ2v) is 3.90. The molecule has 5 heteroatoms. The second kappa shape index (κ2) is 4.15. The van der Waals surface area contributed by atoms with E-state index in [1.54, 1.807) is 13.8 Å². The molecule has 0 radical (unpaired) electrons. The van der Waals surface area contributed by atoms with E-state index in [1.165, 1.54) is 4.90 Å². The van der Waals surface area contributed by atoms with E-state index in [-0.39, 0.29) is 11.5 Å². The Morgan fingerprint density at radius 3 is 2.69 bits per heavy atom. The summed E-state index contributed by atoms with van der Waals surface area (Å²) in [6.07, 6.45) is -0.969. The lowest BCUT2D eigenvalue weighted by Crippen LogP contribution is -2.39. The zero-order valence-corrected chi connectivity index (χ0v) is 8.49. The molecule has 0 aliphatic carbocycles. The molecule has 1 heterocycles. The Morgan fingerprint density at radius 2 is 2.31 bits per heavy atom. The normalized spacial score (nSPS) is 28.2. The van der Waals surface area contributed by atoms with Crippen LogP contribution in [0.5, 0.6) is 0 Å². The number of carbonyl (C=O) groups is 1. The maximum absolute atomic E-state index is 11.3. The summed E-state index contributed by atoms with van der Waals surface area (Å²) in [6, 6.07) is 0. The summed E-state index contributed by atoms with van der Waals surface area (Å²) in [4.78, 5) is 12.5. The fraction of sp³-hybridized carbons (Fsp3) is 0.875. The van der Waals surface area contributed by atoms with E-state index >= 15 is 0 Å². The van der Waals surface area contributed by atoms with Crippen molar-refractivity contribution in [3.63, 3.8) is 0 Å². The summed E-state index contributed by atoms with van der Waals surface area (Å²) >= 11 is 5.74. The summed E-state index contributed by atoms with van der Waals surface area (Å²) in [5.41, 5.74) is 0.